The highest BCUT2D eigenvalue weighted by molar-refractivity contribution is 5.76. The van der Waals surface area contributed by atoms with Crippen LogP contribution in [0.4, 0.5) is 5.82 Å². The summed E-state index contributed by atoms with van der Waals surface area (Å²) in [6.45, 7) is 4.63. The van der Waals surface area contributed by atoms with E-state index in [0.717, 1.165) is 44.3 Å². The molecule has 1 aliphatic rings. The number of nitrogens with zero attached hydrogens (tertiary/aromatic N) is 3. The first kappa shape index (κ1) is 18.2. The molecule has 26 heavy (non-hydrogen) atoms. The molecular formula is C20H26N4O2. The second kappa shape index (κ2) is 9.20. The first-order chi connectivity index (χ1) is 12.8. The number of hydrogen-bond donors (Lipinski definition) is 1. The van der Waals surface area contributed by atoms with E-state index in [2.05, 4.69) is 15.2 Å². The number of methoxy groups -OCH3 is 1. The quantitative estimate of drug-likeness (QED) is 0.770. The maximum Gasteiger partial charge on any atom is 0.223 e. The summed E-state index contributed by atoms with van der Waals surface area (Å²) in [6, 6.07) is 13.9. The van der Waals surface area contributed by atoms with Gasteiger partial charge in [-0.15, -0.1) is 0 Å². The highest BCUT2D eigenvalue weighted by Gasteiger charge is 2.21. The van der Waals surface area contributed by atoms with Gasteiger partial charge in [-0.25, -0.2) is 4.98 Å². The van der Waals surface area contributed by atoms with Crippen LogP contribution in [-0.4, -0.2) is 55.6 Å². The molecule has 2 heterocycles. The molecular weight excluding hydrogens is 328 g/mol. The summed E-state index contributed by atoms with van der Waals surface area (Å²) in [5, 5.41) is 3.34. The van der Waals surface area contributed by atoms with E-state index in [4.69, 9.17) is 4.74 Å². The molecule has 1 aliphatic heterocycles. The number of pyridine rings is 1. The van der Waals surface area contributed by atoms with Gasteiger partial charge in [0.1, 0.15) is 11.6 Å². The Morgan fingerprint density at radius 3 is 2.54 bits per heavy atom. The van der Waals surface area contributed by atoms with Crippen molar-refractivity contribution < 1.29 is 9.53 Å². The minimum atomic E-state index is 0.216. The van der Waals surface area contributed by atoms with Crippen LogP contribution in [-0.2, 0) is 11.3 Å². The first-order valence-corrected chi connectivity index (χ1v) is 9.03. The largest absolute Gasteiger partial charge is 0.497 e. The highest BCUT2D eigenvalue weighted by Crippen LogP contribution is 2.13. The van der Waals surface area contributed by atoms with Gasteiger partial charge in [0.15, 0.2) is 0 Å². The van der Waals surface area contributed by atoms with E-state index in [1.54, 1.807) is 13.3 Å². The molecule has 1 saturated heterocycles. The number of aromatic nitrogens is 1. The molecule has 0 aliphatic carbocycles. The van der Waals surface area contributed by atoms with Gasteiger partial charge in [0.25, 0.3) is 0 Å². The number of hydrogen-bond acceptors (Lipinski definition) is 5. The Balaban J connectivity index is 1.35. The molecule has 2 aromatic rings. The van der Waals surface area contributed by atoms with Crippen LogP contribution in [0, 0.1) is 0 Å². The third-order valence-electron chi connectivity index (χ3n) is 4.61. The van der Waals surface area contributed by atoms with Gasteiger partial charge in [0, 0.05) is 51.9 Å². The van der Waals surface area contributed by atoms with Crippen LogP contribution in [0.3, 0.4) is 0 Å². The van der Waals surface area contributed by atoms with Gasteiger partial charge in [-0.2, -0.15) is 0 Å². The monoisotopic (exact) mass is 354 g/mol. The molecule has 0 radical (unpaired) electrons. The molecule has 1 amide bonds. The minimum absolute atomic E-state index is 0.216. The molecule has 0 atom stereocenters. The van der Waals surface area contributed by atoms with E-state index < -0.39 is 0 Å². The molecule has 1 aromatic carbocycles. The van der Waals surface area contributed by atoms with E-state index in [9.17, 15) is 4.79 Å². The molecule has 1 N–H and O–H groups in total. The maximum atomic E-state index is 12.4. The normalized spacial score (nSPS) is 14.3. The average molecular weight is 354 g/mol. The zero-order valence-corrected chi connectivity index (χ0v) is 15.2. The van der Waals surface area contributed by atoms with Gasteiger partial charge >= 0.3 is 0 Å². The third-order valence-corrected chi connectivity index (χ3v) is 4.61. The van der Waals surface area contributed by atoms with Crippen molar-refractivity contribution in [3.63, 3.8) is 0 Å². The molecule has 1 aromatic heterocycles. The van der Waals surface area contributed by atoms with Crippen molar-refractivity contribution in [1.29, 1.82) is 0 Å². The number of rotatable bonds is 7. The number of benzene rings is 1. The van der Waals surface area contributed by atoms with Crippen LogP contribution in [0.15, 0.2) is 48.7 Å². The van der Waals surface area contributed by atoms with Gasteiger partial charge in [-0.1, -0.05) is 18.2 Å². The SMILES string of the molecule is COc1ccc(CNCCC(=O)N2CCN(c3ccccn3)CC2)cc1. The molecule has 3 rings (SSSR count). The summed E-state index contributed by atoms with van der Waals surface area (Å²) >= 11 is 0. The van der Waals surface area contributed by atoms with E-state index in [-0.39, 0.29) is 5.91 Å². The summed E-state index contributed by atoms with van der Waals surface area (Å²) in [7, 11) is 1.66. The van der Waals surface area contributed by atoms with Gasteiger partial charge in [-0.3, -0.25) is 4.79 Å². The van der Waals surface area contributed by atoms with Crippen molar-refractivity contribution in [1.82, 2.24) is 15.2 Å². The Morgan fingerprint density at radius 2 is 1.88 bits per heavy atom. The summed E-state index contributed by atoms with van der Waals surface area (Å²) in [4.78, 5) is 20.9. The van der Waals surface area contributed by atoms with Gasteiger partial charge < -0.3 is 19.9 Å². The lowest BCUT2D eigenvalue weighted by Crippen LogP contribution is -2.49. The van der Waals surface area contributed by atoms with Gasteiger partial charge in [0.05, 0.1) is 7.11 Å². The van der Waals surface area contributed by atoms with Gasteiger partial charge in [0.2, 0.25) is 5.91 Å². The van der Waals surface area contributed by atoms with Crippen LogP contribution >= 0.6 is 0 Å². The fourth-order valence-electron chi connectivity index (χ4n) is 3.06. The van der Waals surface area contributed by atoms with Gasteiger partial charge in [-0.05, 0) is 29.8 Å². The second-order valence-corrected chi connectivity index (χ2v) is 6.33. The zero-order chi connectivity index (χ0) is 18.2. The molecule has 0 bridgehead atoms. The summed E-state index contributed by atoms with van der Waals surface area (Å²) in [6.07, 6.45) is 2.33. The van der Waals surface area contributed by atoms with Crippen molar-refractivity contribution in [2.45, 2.75) is 13.0 Å². The van der Waals surface area contributed by atoms with Crippen LogP contribution in [0.1, 0.15) is 12.0 Å². The topological polar surface area (TPSA) is 57.7 Å². The number of anilines is 1. The fourth-order valence-corrected chi connectivity index (χ4v) is 3.06. The Labute approximate surface area is 154 Å². The minimum Gasteiger partial charge on any atom is -0.497 e. The molecule has 0 saturated carbocycles. The predicted octanol–water partition coefficient (Wildman–Crippen LogP) is 1.92. The number of ether oxygens (including phenoxy) is 1. The van der Waals surface area contributed by atoms with Crippen molar-refractivity contribution in [3.05, 3.63) is 54.2 Å². The van der Waals surface area contributed by atoms with Crippen molar-refractivity contribution in [3.8, 4) is 5.75 Å². The standard InChI is InChI=1S/C20H26N4O2/c1-26-18-7-5-17(6-8-18)16-21-11-9-20(25)24-14-12-23(13-15-24)19-4-2-3-10-22-19/h2-8,10,21H,9,11-16H2,1H3. The molecule has 0 unspecified atom stereocenters. The molecule has 0 spiro atoms. The lowest BCUT2D eigenvalue weighted by molar-refractivity contribution is -0.131. The zero-order valence-electron chi connectivity index (χ0n) is 15.2. The van der Waals surface area contributed by atoms with E-state index in [1.807, 2.05) is 47.4 Å². The summed E-state index contributed by atoms with van der Waals surface area (Å²) < 4.78 is 5.15. The maximum absolute atomic E-state index is 12.4. The molecule has 6 heteroatoms. The number of amides is 1. The lowest BCUT2D eigenvalue weighted by atomic mass is 10.2. The molecule has 6 nitrogen and oxygen atoms in total. The molecule has 1 fully saturated rings. The Morgan fingerprint density at radius 1 is 1.12 bits per heavy atom. The number of carbonyl (C=O) groups excluding carboxylic acids is 1. The average Bonchev–Trinajstić information content (AvgIpc) is 2.72. The third kappa shape index (κ3) is 4.95. The first-order valence-electron chi connectivity index (χ1n) is 9.03. The van der Waals surface area contributed by atoms with Crippen LogP contribution in [0.25, 0.3) is 0 Å². The molecule has 138 valence electrons. The highest BCUT2D eigenvalue weighted by atomic mass is 16.5. The Bertz CT molecular complexity index is 683. The number of piperazine rings is 1. The van der Waals surface area contributed by atoms with Crippen LogP contribution in [0.2, 0.25) is 0 Å². The summed E-state index contributed by atoms with van der Waals surface area (Å²) in [5.41, 5.74) is 1.18. The predicted molar refractivity (Wildman–Crippen MR) is 102 cm³/mol. The van der Waals surface area contributed by atoms with E-state index in [1.165, 1.54) is 5.56 Å². The fraction of sp³-hybridized carbons (Fsp3) is 0.400. The lowest BCUT2D eigenvalue weighted by Gasteiger charge is -2.35. The van der Waals surface area contributed by atoms with Crippen molar-refractivity contribution in [2.75, 3.05) is 44.7 Å². The Hall–Kier alpha value is -2.60. The summed E-state index contributed by atoms with van der Waals surface area (Å²) in [5.74, 6) is 2.06. The van der Waals surface area contributed by atoms with Crippen LogP contribution < -0.4 is 15.0 Å². The number of nitrogens with one attached hydrogen (secondary N) is 1. The van der Waals surface area contributed by atoms with Crippen LogP contribution in [0.5, 0.6) is 5.75 Å². The van der Waals surface area contributed by atoms with E-state index >= 15 is 0 Å². The Kier molecular flexibility index (Phi) is 6.44. The van der Waals surface area contributed by atoms with E-state index in [0.29, 0.717) is 13.0 Å². The van der Waals surface area contributed by atoms with Crippen molar-refractivity contribution >= 4 is 11.7 Å². The smallest absolute Gasteiger partial charge is 0.223 e. The second-order valence-electron chi connectivity index (χ2n) is 6.33. The van der Waals surface area contributed by atoms with Crippen molar-refractivity contribution in [2.24, 2.45) is 0 Å². The number of carbonyl (C=O) groups is 1.